The Morgan fingerprint density at radius 3 is 2.73 bits per heavy atom. The van der Waals surface area contributed by atoms with Gasteiger partial charge in [0.25, 0.3) is 0 Å². The number of fused-ring (bicyclic) bond motifs is 1. The highest BCUT2D eigenvalue weighted by molar-refractivity contribution is 5.98. The minimum absolute atomic E-state index is 0. The minimum Gasteiger partial charge on any atom is -0.326 e. The lowest BCUT2D eigenvalue weighted by Crippen LogP contribution is -2.03. The van der Waals surface area contributed by atoms with Crippen LogP contribution in [-0.2, 0) is 11.2 Å². The molecule has 0 saturated heterocycles. The molecule has 0 saturated carbocycles. The fourth-order valence-electron chi connectivity index (χ4n) is 1.16. The number of hydrogen-bond donors (Lipinski definition) is 1. The Bertz CT molecular complexity index is 254. The van der Waals surface area contributed by atoms with Gasteiger partial charge in [-0.1, -0.05) is 25.6 Å². The average molecular weight is 149 g/mol. The molecule has 1 aromatic rings. The third-order valence-electron chi connectivity index (χ3n) is 1.64. The first-order valence-corrected chi connectivity index (χ1v) is 3.24. The third-order valence-corrected chi connectivity index (χ3v) is 1.64. The number of nitrogens with one attached hydrogen (secondary N) is 1. The predicted octanol–water partition coefficient (Wildman–Crippen LogP) is 1.82. The monoisotopic (exact) mass is 149 g/mol. The molecule has 2 rings (SSSR count). The molecular weight excluding hydrogens is 138 g/mol. The van der Waals surface area contributed by atoms with Crippen LogP contribution < -0.4 is 5.32 Å². The maximum absolute atomic E-state index is 10.8. The van der Waals surface area contributed by atoms with Gasteiger partial charge < -0.3 is 5.32 Å². The van der Waals surface area contributed by atoms with Crippen molar-refractivity contribution in [2.45, 2.75) is 13.8 Å². The highest BCUT2D eigenvalue weighted by Gasteiger charge is 2.15. The van der Waals surface area contributed by atoms with Crippen LogP contribution in [0.1, 0.15) is 13.0 Å². The zero-order valence-corrected chi connectivity index (χ0v) is 5.42. The SMILES string of the molecule is C.O=C1Cc2ccccc2N1. The van der Waals surface area contributed by atoms with Crippen molar-refractivity contribution in [3.05, 3.63) is 29.8 Å². The van der Waals surface area contributed by atoms with Crippen LogP contribution in [0.3, 0.4) is 0 Å². The summed E-state index contributed by atoms with van der Waals surface area (Å²) >= 11 is 0. The van der Waals surface area contributed by atoms with Crippen LogP contribution in [-0.4, -0.2) is 5.91 Å². The van der Waals surface area contributed by atoms with E-state index < -0.39 is 0 Å². The summed E-state index contributed by atoms with van der Waals surface area (Å²) in [5.41, 5.74) is 2.07. The first kappa shape index (κ1) is 7.79. The van der Waals surface area contributed by atoms with Crippen molar-refractivity contribution < 1.29 is 4.79 Å². The van der Waals surface area contributed by atoms with E-state index in [0.29, 0.717) is 6.42 Å². The predicted molar refractivity (Wildman–Crippen MR) is 45.5 cm³/mol. The molecule has 1 aliphatic heterocycles. The second-order valence-corrected chi connectivity index (χ2v) is 2.38. The molecule has 1 N–H and O–H groups in total. The summed E-state index contributed by atoms with van der Waals surface area (Å²) in [6.07, 6.45) is 0.538. The summed E-state index contributed by atoms with van der Waals surface area (Å²) in [5.74, 6) is 0.0983. The summed E-state index contributed by atoms with van der Waals surface area (Å²) in [5, 5.41) is 2.76. The molecule has 0 unspecified atom stereocenters. The summed E-state index contributed by atoms with van der Waals surface area (Å²) in [6.45, 7) is 0. The van der Waals surface area contributed by atoms with Crippen molar-refractivity contribution in [1.29, 1.82) is 0 Å². The molecular formula is C9H11NO. The quantitative estimate of drug-likeness (QED) is 0.599. The first-order valence-electron chi connectivity index (χ1n) is 3.24. The summed E-state index contributed by atoms with van der Waals surface area (Å²) in [4.78, 5) is 10.8. The van der Waals surface area contributed by atoms with E-state index in [0.717, 1.165) is 11.3 Å². The molecule has 0 bridgehead atoms. The van der Waals surface area contributed by atoms with Gasteiger partial charge in [0.05, 0.1) is 6.42 Å². The fourth-order valence-corrected chi connectivity index (χ4v) is 1.16. The number of para-hydroxylation sites is 1. The zero-order chi connectivity index (χ0) is 6.97. The molecule has 0 fully saturated rings. The van der Waals surface area contributed by atoms with Crippen molar-refractivity contribution in [1.82, 2.24) is 0 Å². The molecule has 1 aliphatic rings. The highest BCUT2D eigenvalue weighted by Crippen LogP contribution is 2.20. The van der Waals surface area contributed by atoms with Crippen LogP contribution >= 0.6 is 0 Å². The van der Waals surface area contributed by atoms with Crippen LogP contribution in [0.4, 0.5) is 5.69 Å². The van der Waals surface area contributed by atoms with Crippen molar-refractivity contribution in [2.75, 3.05) is 5.32 Å². The lowest BCUT2D eigenvalue weighted by Gasteiger charge is -1.93. The van der Waals surface area contributed by atoms with Crippen LogP contribution in [0, 0.1) is 0 Å². The molecule has 0 radical (unpaired) electrons. The summed E-state index contributed by atoms with van der Waals surface area (Å²) in [6, 6.07) is 7.75. The van der Waals surface area contributed by atoms with Gasteiger partial charge in [-0.05, 0) is 11.6 Å². The van der Waals surface area contributed by atoms with Gasteiger partial charge in [-0.15, -0.1) is 0 Å². The number of amides is 1. The Balaban J connectivity index is 0.000000605. The Labute approximate surface area is 66.2 Å². The molecule has 1 aromatic carbocycles. The van der Waals surface area contributed by atoms with Gasteiger partial charge >= 0.3 is 0 Å². The van der Waals surface area contributed by atoms with Crippen LogP contribution in [0.5, 0.6) is 0 Å². The van der Waals surface area contributed by atoms with Crippen LogP contribution in [0.2, 0.25) is 0 Å². The van der Waals surface area contributed by atoms with Crippen molar-refractivity contribution in [2.24, 2.45) is 0 Å². The van der Waals surface area contributed by atoms with Gasteiger partial charge in [0.2, 0.25) is 5.91 Å². The molecule has 11 heavy (non-hydrogen) atoms. The van der Waals surface area contributed by atoms with E-state index in [9.17, 15) is 4.79 Å². The molecule has 0 spiro atoms. The number of benzene rings is 1. The highest BCUT2D eigenvalue weighted by atomic mass is 16.1. The van der Waals surface area contributed by atoms with Crippen LogP contribution in [0.25, 0.3) is 0 Å². The van der Waals surface area contributed by atoms with Crippen molar-refractivity contribution in [3.8, 4) is 0 Å². The lowest BCUT2D eigenvalue weighted by atomic mass is 10.2. The Kier molecular flexibility index (Phi) is 1.94. The second kappa shape index (κ2) is 2.74. The largest absolute Gasteiger partial charge is 0.326 e. The van der Waals surface area contributed by atoms with E-state index in [2.05, 4.69) is 5.32 Å². The maximum Gasteiger partial charge on any atom is 0.228 e. The van der Waals surface area contributed by atoms with Gasteiger partial charge in [0.1, 0.15) is 0 Å². The molecule has 2 nitrogen and oxygen atoms in total. The Hall–Kier alpha value is -1.31. The smallest absolute Gasteiger partial charge is 0.228 e. The molecule has 2 heteroatoms. The second-order valence-electron chi connectivity index (χ2n) is 2.38. The van der Waals surface area contributed by atoms with E-state index in [1.54, 1.807) is 0 Å². The fraction of sp³-hybridized carbons (Fsp3) is 0.222. The lowest BCUT2D eigenvalue weighted by molar-refractivity contribution is -0.115. The third kappa shape index (κ3) is 1.24. The van der Waals surface area contributed by atoms with Gasteiger partial charge in [0, 0.05) is 5.69 Å². The minimum atomic E-state index is 0. The van der Waals surface area contributed by atoms with E-state index in [1.165, 1.54) is 0 Å². The zero-order valence-electron chi connectivity index (χ0n) is 5.42. The number of anilines is 1. The average Bonchev–Trinajstić information content (AvgIpc) is 2.27. The standard InChI is InChI=1S/C8H7NO.CH4/c10-8-5-6-3-1-2-4-7(6)9-8;/h1-4H,5H2,(H,9,10);1H4. The summed E-state index contributed by atoms with van der Waals surface area (Å²) in [7, 11) is 0. The number of rotatable bonds is 0. The number of hydrogen-bond acceptors (Lipinski definition) is 1. The van der Waals surface area contributed by atoms with E-state index in [1.807, 2.05) is 24.3 Å². The first-order chi connectivity index (χ1) is 4.86. The normalized spacial score (nSPS) is 13.3. The van der Waals surface area contributed by atoms with Gasteiger partial charge in [-0.25, -0.2) is 0 Å². The molecule has 1 heterocycles. The Morgan fingerprint density at radius 2 is 2.00 bits per heavy atom. The van der Waals surface area contributed by atoms with Crippen molar-refractivity contribution in [3.63, 3.8) is 0 Å². The topological polar surface area (TPSA) is 29.1 Å². The van der Waals surface area contributed by atoms with Gasteiger partial charge in [-0.3, -0.25) is 4.79 Å². The number of carbonyl (C=O) groups excluding carboxylic acids is 1. The van der Waals surface area contributed by atoms with Crippen molar-refractivity contribution >= 4 is 11.6 Å². The summed E-state index contributed by atoms with van der Waals surface area (Å²) < 4.78 is 0. The molecule has 58 valence electrons. The Morgan fingerprint density at radius 1 is 1.27 bits per heavy atom. The van der Waals surface area contributed by atoms with Crippen LogP contribution in [0.15, 0.2) is 24.3 Å². The van der Waals surface area contributed by atoms with Gasteiger partial charge in [-0.2, -0.15) is 0 Å². The molecule has 0 atom stereocenters. The molecule has 0 aliphatic carbocycles. The molecule has 0 aromatic heterocycles. The van der Waals surface area contributed by atoms with E-state index in [-0.39, 0.29) is 13.3 Å². The van der Waals surface area contributed by atoms with E-state index in [4.69, 9.17) is 0 Å². The molecule has 1 amide bonds. The number of carbonyl (C=O) groups is 1. The van der Waals surface area contributed by atoms with E-state index >= 15 is 0 Å². The maximum atomic E-state index is 10.8. The van der Waals surface area contributed by atoms with Gasteiger partial charge in [0.15, 0.2) is 0 Å².